The monoisotopic (exact) mass is 238 g/mol. The number of hydrogen-bond acceptors (Lipinski definition) is 5. The minimum atomic E-state index is -0.514. The summed E-state index contributed by atoms with van der Waals surface area (Å²) in [5.74, 6) is 0.961. The van der Waals surface area contributed by atoms with Crippen LogP contribution in [0.25, 0.3) is 0 Å². The highest BCUT2D eigenvalue weighted by atomic mass is 16.6. The fourth-order valence-electron chi connectivity index (χ4n) is 1.45. The van der Waals surface area contributed by atoms with Gasteiger partial charge in [0, 0.05) is 6.54 Å². The summed E-state index contributed by atoms with van der Waals surface area (Å²) < 4.78 is 10.8. The van der Waals surface area contributed by atoms with Crippen molar-refractivity contribution in [3.05, 3.63) is 23.8 Å². The van der Waals surface area contributed by atoms with Crippen LogP contribution in [0.3, 0.4) is 0 Å². The smallest absolute Gasteiger partial charge is 0.245 e. The molecule has 1 aliphatic rings. The van der Waals surface area contributed by atoms with Crippen molar-refractivity contribution in [2.75, 3.05) is 19.8 Å². The van der Waals surface area contributed by atoms with Gasteiger partial charge in [-0.05, 0) is 17.7 Å². The van der Waals surface area contributed by atoms with Gasteiger partial charge in [0.1, 0.15) is 19.8 Å². The molecule has 0 saturated heterocycles. The Hall–Kier alpha value is -1.79. The van der Waals surface area contributed by atoms with Crippen LogP contribution in [0.4, 0.5) is 0 Å². The van der Waals surface area contributed by atoms with Crippen molar-refractivity contribution in [3.8, 4) is 11.5 Å². The van der Waals surface area contributed by atoms with Crippen molar-refractivity contribution in [3.63, 3.8) is 0 Å². The van der Waals surface area contributed by atoms with E-state index in [1.54, 1.807) is 0 Å². The second-order valence-corrected chi connectivity index (χ2v) is 3.55. The van der Waals surface area contributed by atoms with E-state index in [4.69, 9.17) is 20.0 Å². The summed E-state index contributed by atoms with van der Waals surface area (Å²) in [6.07, 6.45) is 0. The topological polar surface area (TPSA) is 82.8 Å². The van der Waals surface area contributed by atoms with Crippen molar-refractivity contribution in [1.82, 2.24) is 5.48 Å². The van der Waals surface area contributed by atoms with Crippen LogP contribution < -0.4 is 20.7 Å². The Morgan fingerprint density at radius 3 is 2.88 bits per heavy atom. The van der Waals surface area contributed by atoms with E-state index in [1.807, 2.05) is 18.2 Å². The molecule has 1 aromatic rings. The Kier molecular flexibility index (Phi) is 3.79. The maximum absolute atomic E-state index is 10.4. The van der Waals surface area contributed by atoms with Crippen LogP contribution >= 0.6 is 0 Å². The Morgan fingerprint density at radius 2 is 2.12 bits per heavy atom. The van der Waals surface area contributed by atoms with E-state index in [-0.39, 0.29) is 6.61 Å². The molecule has 1 aromatic carbocycles. The molecule has 0 radical (unpaired) electrons. The quantitative estimate of drug-likeness (QED) is 0.555. The van der Waals surface area contributed by atoms with Crippen molar-refractivity contribution >= 4 is 5.91 Å². The predicted octanol–water partition coefficient (Wildman–Crippen LogP) is -0.0357. The first-order valence-electron chi connectivity index (χ1n) is 5.27. The fourth-order valence-corrected chi connectivity index (χ4v) is 1.45. The number of carbonyl (C=O) groups is 1. The number of benzene rings is 1. The summed E-state index contributed by atoms with van der Waals surface area (Å²) in [6, 6.07) is 5.61. The average Bonchev–Trinajstić information content (AvgIpc) is 2.34. The third kappa shape index (κ3) is 3.33. The molecule has 6 heteroatoms. The number of carbonyl (C=O) groups excluding carboxylic acids is 1. The average molecular weight is 238 g/mol. The van der Waals surface area contributed by atoms with Crippen LogP contribution in [0.15, 0.2) is 18.2 Å². The van der Waals surface area contributed by atoms with Crippen LogP contribution in [0.5, 0.6) is 11.5 Å². The summed E-state index contributed by atoms with van der Waals surface area (Å²) in [4.78, 5) is 15.3. The van der Waals surface area contributed by atoms with E-state index in [0.717, 1.165) is 17.1 Å². The van der Waals surface area contributed by atoms with E-state index in [0.29, 0.717) is 19.8 Å². The Bertz CT molecular complexity index is 408. The zero-order valence-corrected chi connectivity index (χ0v) is 9.27. The van der Waals surface area contributed by atoms with Gasteiger partial charge < -0.3 is 15.2 Å². The highest BCUT2D eigenvalue weighted by Gasteiger charge is 2.11. The zero-order valence-electron chi connectivity index (χ0n) is 9.27. The molecule has 1 aliphatic heterocycles. The number of nitrogens with two attached hydrogens (primary N) is 1. The molecule has 0 saturated carbocycles. The molecule has 92 valence electrons. The lowest BCUT2D eigenvalue weighted by molar-refractivity contribution is -0.125. The van der Waals surface area contributed by atoms with Crippen LogP contribution in [-0.4, -0.2) is 25.7 Å². The number of nitrogens with one attached hydrogen (secondary N) is 1. The van der Waals surface area contributed by atoms with E-state index in [2.05, 4.69) is 5.48 Å². The molecule has 0 aromatic heterocycles. The van der Waals surface area contributed by atoms with Gasteiger partial charge in [0.2, 0.25) is 5.91 Å². The largest absolute Gasteiger partial charge is 0.486 e. The fraction of sp³-hybridized carbons (Fsp3) is 0.364. The lowest BCUT2D eigenvalue weighted by Crippen LogP contribution is -2.24. The minimum absolute atomic E-state index is 0.148. The highest BCUT2D eigenvalue weighted by molar-refractivity contribution is 5.74. The van der Waals surface area contributed by atoms with Crippen LogP contribution in [0.1, 0.15) is 5.56 Å². The normalized spacial score (nSPS) is 13.4. The lowest BCUT2D eigenvalue weighted by atomic mass is 10.2. The number of primary amides is 1. The summed E-state index contributed by atoms with van der Waals surface area (Å²) in [5, 5.41) is 0. The minimum Gasteiger partial charge on any atom is -0.486 e. The standard InChI is InChI=1S/C11H14N2O4/c12-11(14)7-17-13-6-8-1-2-9-10(5-8)16-4-3-15-9/h1-2,5,13H,3-4,6-7H2,(H2,12,14). The van der Waals surface area contributed by atoms with Gasteiger partial charge in [-0.25, -0.2) is 0 Å². The molecular weight excluding hydrogens is 224 g/mol. The predicted molar refractivity (Wildman–Crippen MR) is 59.4 cm³/mol. The first-order valence-corrected chi connectivity index (χ1v) is 5.27. The first-order chi connectivity index (χ1) is 8.25. The van der Waals surface area contributed by atoms with Crippen LogP contribution in [0.2, 0.25) is 0 Å². The molecule has 0 aliphatic carbocycles. The Balaban J connectivity index is 1.86. The van der Waals surface area contributed by atoms with E-state index in [1.165, 1.54) is 0 Å². The Labute approximate surface area is 98.6 Å². The van der Waals surface area contributed by atoms with Gasteiger partial charge in [-0.15, -0.1) is 0 Å². The molecule has 0 atom stereocenters. The molecule has 2 rings (SSSR count). The zero-order chi connectivity index (χ0) is 12.1. The molecule has 3 N–H and O–H groups in total. The van der Waals surface area contributed by atoms with Gasteiger partial charge in [0.25, 0.3) is 0 Å². The second-order valence-electron chi connectivity index (χ2n) is 3.55. The molecule has 0 unspecified atom stereocenters. The first kappa shape index (κ1) is 11.7. The van der Waals surface area contributed by atoms with Gasteiger partial charge in [-0.2, -0.15) is 5.48 Å². The number of fused-ring (bicyclic) bond motifs is 1. The molecule has 6 nitrogen and oxygen atoms in total. The van der Waals surface area contributed by atoms with Gasteiger partial charge in [-0.3, -0.25) is 9.63 Å². The number of hydroxylamine groups is 1. The van der Waals surface area contributed by atoms with E-state index < -0.39 is 5.91 Å². The maximum Gasteiger partial charge on any atom is 0.245 e. The number of hydrogen-bond donors (Lipinski definition) is 2. The highest BCUT2D eigenvalue weighted by Crippen LogP contribution is 2.30. The van der Waals surface area contributed by atoms with Gasteiger partial charge in [0.15, 0.2) is 11.5 Å². The molecule has 0 bridgehead atoms. The number of ether oxygens (including phenoxy) is 2. The SMILES string of the molecule is NC(=O)CONCc1ccc2c(c1)OCCO2. The third-order valence-electron chi connectivity index (χ3n) is 2.20. The molecular formula is C11H14N2O4. The van der Waals surface area contributed by atoms with Crippen molar-refractivity contribution < 1.29 is 19.1 Å². The molecule has 0 fully saturated rings. The van der Waals surface area contributed by atoms with Crippen molar-refractivity contribution in [2.45, 2.75) is 6.54 Å². The van der Waals surface area contributed by atoms with Gasteiger partial charge in [0.05, 0.1) is 0 Å². The summed E-state index contributed by atoms with van der Waals surface area (Å²) in [7, 11) is 0. The Morgan fingerprint density at radius 1 is 1.35 bits per heavy atom. The van der Waals surface area contributed by atoms with E-state index >= 15 is 0 Å². The summed E-state index contributed by atoms with van der Waals surface area (Å²) in [6.45, 7) is 1.45. The molecule has 17 heavy (non-hydrogen) atoms. The number of amides is 1. The lowest BCUT2D eigenvalue weighted by Gasteiger charge is -2.18. The van der Waals surface area contributed by atoms with Gasteiger partial charge >= 0.3 is 0 Å². The van der Waals surface area contributed by atoms with Crippen molar-refractivity contribution in [2.24, 2.45) is 5.73 Å². The molecule has 0 spiro atoms. The van der Waals surface area contributed by atoms with Gasteiger partial charge in [-0.1, -0.05) is 6.07 Å². The third-order valence-corrected chi connectivity index (χ3v) is 2.20. The van der Waals surface area contributed by atoms with Crippen LogP contribution in [-0.2, 0) is 16.2 Å². The summed E-state index contributed by atoms with van der Waals surface area (Å²) >= 11 is 0. The molecule has 1 heterocycles. The van der Waals surface area contributed by atoms with Crippen LogP contribution in [0, 0.1) is 0 Å². The number of rotatable bonds is 5. The van der Waals surface area contributed by atoms with E-state index in [9.17, 15) is 4.79 Å². The van der Waals surface area contributed by atoms with Crippen molar-refractivity contribution in [1.29, 1.82) is 0 Å². The second kappa shape index (κ2) is 5.51. The maximum atomic E-state index is 10.4. The summed E-state index contributed by atoms with van der Waals surface area (Å²) in [5.41, 5.74) is 8.54. The molecule has 1 amide bonds.